The third kappa shape index (κ3) is 7.46. The first-order valence-corrected chi connectivity index (χ1v) is 10.1. The molecule has 8 heteroatoms. The Kier molecular flexibility index (Phi) is 11.2. The molecule has 0 aliphatic heterocycles. The van der Waals surface area contributed by atoms with Crippen LogP contribution in [0, 0.1) is 13.8 Å². The number of guanidine groups is 1. The van der Waals surface area contributed by atoms with Crippen LogP contribution in [0.3, 0.4) is 0 Å². The number of benzene rings is 1. The van der Waals surface area contributed by atoms with Crippen LogP contribution in [0.1, 0.15) is 35.0 Å². The highest BCUT2D eigenvalue weighted by molar-refractivity contribution is 14.0. The van der Waals surface area contributed by atoms with E-state index in [1.54, 1.807) is 18.4 Å². The van der Waals surface area contributed by atoms with Crippen molar-refractivity contribution in [3.63, 3.8) is 0 Å². The van der Waals surface area contributed by atoms with Gasteiger partial charge in [-0.15, -0.1) is 35.3 Å². The van der Waals surface area contributed by atoms with Crippen molar-refractivity contribution in [2.75, 3.05) is 26.8 Å². The second-order valence-corrected chi connectivity index (χ2v) is 7.29. The molecule has 1 aromatic heterocycles. The largest absolute Gasteiger partial charge is 0.490 e. The average molecular weight is 518 g/mol. The predicted molar refractivity (Wildman–Crippen MR) is 128 cm³/mol. The third-order valence-electron chi connectivity index (χ3n) is 4.02. The maximum Gasteiger partial charge on any atom is 0.191 e. The lowest BCUT2D eigenvalue weighted by atomic mass is 10.1. The van der Waals surface area contributed by atoms with Crippen molar-refractivity contribution in [1.29, 1.82) is 0 Å². The van der Waals surface area contributed by atoms with Crippen molar-refractivity contribution in [3.8, 4) is 11.5 Å². The Labute approximate surface area is 189 Å². The van der Waals surface area contributed by atoms with Gasteiger partial charge < -0.3 is 20.1 Å². The fourth-order valence-electron chi connectivity index (χ4n) is 2.57. The van der Waals surface area contributed by atoms with Gasteiger partial charge in [-0.05, 0) is 51.8 Å². The van der Waals surface area contributed by atoms with Crippen LogP contribution in [-0.4, -0.2) is 37.7 Å². The van der Waals surface area contributed by atoms with E-state index in [1.807, 2.05) is 32.9 Å². The molecule has 0 spiro atoms. The van der Waals surface area contributed by atoms with Gasteiger partial charge in [0, 0.05) is 18.5 Å². The molecule has 1 heterocycles. The number of aryl methyl sites for hydroxylation is 2. The molecule has 0 radical (unpaired) electrons. The Balaban J connectivity index is 0.00000392. The monoisotopic (exact) mass is 518 g/mol. The number of ether oxygens (including phenoxy) is 2. The van der Waals surface area contributed by atoms with E-state index >= 15 is 0 Å². The highest BCUT2D eigenvalue weighted by Crippen LogP contribution is 2.28. The number of aromatic nitrogens is 1. The number of nitrogens with one attached hydrogen (secondary N) is 2. The molecule has 2 aromatic rings. The SMILES string of the molecule is CCOc1ccc(CCNC(=NC)NCc2nc(C)c(C)s2)cc1OCC.I. The lowest BCUT2D eigenvalue weighted by Crippen LogP contribution is -2.37. The standard InChI is InChI=1S/C20H30N4O2S.HI/c1-6-25-17-9-8-16(12-18(17)26-7-2)10-11-22-20(21-5)23-13-19-24-14(3)15(4)27-19;/h8-9,12H,6-7,10-11,13H2,1-5H3,(H2,21,22,23);1H. The summed E-state index contributed by atoms with van der Waals surface area (Å²) in [7, 11) is 1.78. The minimum atomic E-state index is 0. The molecule has 1 aromatic carbocycles. The lowest BCUT2D eigenvalue weighted by Gasteiger charge is -2.14. The first-order chi connectivity index (χ1) is 13.1. The van der Waals surface area contributed by atoms with E-state index < -0.39 is 0 Å². The van der Waals surface area contributed by atoms with Gasteiger partial charge in [0.2, 0.25) is 0 Å². The Hall–Kier alpha value is -1.55. The smallest absolute Gasteiger partial charge is 0.191 e. The number of aliphatic imine (C=N–C) groups is 1. The molecule has 28 heavy (non-hydrogen) atoms. The second-order valence-electron chi connectivity index (χ2n) is 6.00. The van der Waals surface area contributed by atoms with Gasteiger partial charge in [0.1, 0.15) is 5.01 Å². The molecular weight excluding hydrogens is 487 g/mol. The third-order valence-corrected chi connectivity index (χ3v) is 5.09. The predicted octanol–water partition coefficient (Wildman–Crippen LogP) is 4.08. The normalized spacial score (nSPS) is 11.0. The Morgan fingerprint density at radius 2 is 1.82 bits per heavy atom. The first-order valence-electron chi connectivity index (χ1n) is 9.33. The molecule has 156 valence electrons. The van der Waals surface area contributed by atoms with Crippen LogP contribution in [0.15, 0.2) is 23.2 Å². The summed E-state index contributed by atoms with van der Waals surface area (Å²) in [6.07, 6.45) is 0.864. The summed E-state index contributed by atoms with van der Waals surface area (Å²) in [5, 5.41) is 7.73. The Morgan fingerprint density at radius 3 is 2.43 bits per heavy atom. The molecule has 0 aliphatic carbocycles. The summed E-state index contributed by atoms with van der Waals surface area (Å²) in [5.41, 5.74) is 2.29. The van der Waals surface area contributed by atoms with Crippen LogP contribution in [0.25, 0.3) is 0 Å². The molecule has 0 unspecified atom stereocenters. The summed E-state index contributed by atoms with van der Waals surface area (Å²) >= 11 is 1.72. The zero-order valence-corrected chi connectivity index (χ0v) is 20.4. The van der Waals surface area contributed by atoms with Crippen LogP contribution >= 0.6 is 35.3 Å². The van der Waals surface area contributed by atoms with E-state index in [9.17, 15) is 0 Å². The minimum absolute atomic E-state index is 0. The van der Waals surface area contributed by atoms with Crippen LogP contribution < -0.4 is 20.1 Å². The van der Waals surface area contributed by atoms with Crippen molar-refractivity contribution in [1.82, 2.24) is 15.6 Å². The van der Waals surface area contributed by atoms with Crippen molar-refractivity contribution in [3.05, 3.63) is 39.3 Å². The van der Waals surface area contributed by atoms with Gasteiger partial charge in [0.15, 0.2) is 17.5 Å². The van der Waals surface area contributed by atoms with Gasteiger partial charge in [-0.25, -0.2) is 4.98 Å². The van der Waals surface area contributed by atoms with E-state index in [2.05, 4.69) is 33.6 Å². The Bertz CT molecular complexity index is 745. The molecular formula is C20H31IN4O2S. The van der Waals surface area contributed by atoms with Crippen molar-refractivity contribution in [2.24, 2.45) is 4.99 Å². The molecule has 2 N–H and O–H groups in total. The molecule has 6 nitrogen and oxygen atoms in total. The fraction of sp³-hybridized carbons (Fsp3) is 0.500. The zero-order chi connectivity index (χ0) is 19.6. The number of halogens is 1. The van der Waals surface area contributed by atoms with E-state index in [0.717, 1.165) is 41.1 Å². The van der Waals surface area contributed by atoms with Gasteiger partial charge in [0.05, 0.1) is 25.5 Å². The van der Waals surface area contributed by atoms with Crippen LogP contribution in [0.2, 0.25) is 0 Å². The average Bonchev–Trinajstić information content (AvgIpc) is 2.98. The number of thiazole rings is 1. The maximum absolute atomic E-state index is 5.69. The molecule has 0 amide bonds. The Morgan fingerprint density at radius 1 is 1.11 bits per heavy atom. The molecule has 0 atom stereocenters. The highest BCUT2D eigenvalue weighted by atomic mass is 127. The van der Waals surface area contributed by atoms with E-state index in [4.69, 9.17) is 9.47 Å². The lowest BCUT2D eigenvalue weighted by molar-refractivity contribution is 0.287. The first kappa shape index (κ1) is 24.5. The van der Waals surface area contributed by atoms with E-state index in [1.165, 1.54) is 10.4 Å². The van der Waals surface area contributed by atoms with Gasteiger partial charge in [-0.1, -0.05) is 6.07 Å². The molecule has 0 bridgehead atoms. The number of nitrogens with zero attached hydrogens (tertiary/aromatic N) is 2. The van der Waals surface area contributed by atoms with Gasteiger partial charge in [-0.2, -0.15) is 0 Å². The van der Waals surface area contributed by atoms with E-state index in [0.29, 0.717) is 19.8 Å². The second kappa shape index (κ2) is 12.8. The molecule has 2 rings (SSSR count). The quantitative estimate of drug-likeness (QED) is 0.298. The summed E-state index contributed by atoms with van der Waals surface area (Å²) in [5.74, 6) is 2.37. The van der Waals surface area contributed by atoms with E-state index in [-0.39, 0.29) is 24.0 Å². The molecule has 0 aliphatic rings. The molecule has 0 saturated heterocycles. The van der Waals surface area contributed by atoms with Gasteiger partial charge in [-0.3, -0.25) is 4.99 Å². The zero-order valence-electron chi connectivity index (χ0n) is 17.3. The molecule has 0 fully saturated rings. The van der Waals surface area contributed by atoms with Crippen molar-refractivity contribution < 1.29 is 9.47 Å². The van der Waals surface area contributed by atoms with Crippen molar-refractivity contribution in [2.45, 2.75) is 40.7 Å². The summed E-state index contributed by atoms with van der Waals surface area (Å²) in [6.45, 7) is 10.8. The van der Waals surface area contributed by atoms with Crippen LogP contribution in [-0.2, 0) is 13.0 Å². The summed E-state index contributed by atoms with van der Waals surface area (Å²) in [6, 6.07) is 6.10. The number of rotatable bonds is 9. The summed E-state index contributed by atoms with van der Waals surface area (Å²) < 4.78 is 11.3. The highest BCUT2D eigenvalue weighted by Gasteiger charge is 2.07. The number of hydrogen-bond acceptors (Lipinski definition) is 5. The van der Waals surface area contributed by atoms with Gasteiger partial charge >= 0.3 is 0 Å². The fourth-order valence-corrected chi connectivity index (χ4v) is 3.44. The maximum atomic E-state index is 5.69. The van der Waals surface area contributed by atoms with Gasteiger partial charge in [0.25, 0.3) is 0 Å². The van der Waals surface area contributed by atoms with Crippen LogP contribution in [0.5, 0.6) is 11.5 Å². The van der Waals surface area contributed by atoms with Crippen molar-refractivity contribution >= 4 is 41.3 Å². The van der Waals surface area contributed by atoms with Crippen LogP contribution in [0.4, 0.5) is 0 Å². The topological polar surface area (TPSA) is 67.8 Å². The molecule has 0 saturated carbocycles. The minimum Gasteiger partial charge on any atom is -0.490 e. The summed E-state index contributed by atoms with van der Waals surface area (Å²) in [4.78, 5) is 10.1. The number of hydrogen-bond donors (Lipinski definition) is 2.